The van der Waals surface area contributed by atoms with Gasteiger partial charge in [0.25, 0.3) is 0 Å². The van der Waals surface area contributed by atoms with Gasteiger partial charge in [0.1, 0.15) is 0 Å². The fourth-order valence-electron chi connectivity index (χ4n) is 3.20. The maximum Gasteiger partial charge on any atom is 0.326 e. The molecule has 0 spiro atoms. The first-order valence-corrected chi connectivity index (χ1v) is 9.32. The Labute approximate surface area is 132 Å². The number of aromatic nitrogens is 6. The van der Waals surface area contributed by atoms with E-state index in [9.17, 15) is 14.4 Å². The van der Waals surface area contributed by atoms with E-state index in [1.807, 2.05) is 10.8 Å². The fourth-order valence-corrected chi connectivity index (χ4v) is 4.10. The number of nitrogens with zero attached hydrogens (tertiary/aromatic N) is 5. The molecule has 0 saturated carbocycles. The van der Waals surface area contributed by atoms with Crippen molar-refractivity contribution in [3.05, 3.63) is 18.2 Å². The zero-order valence-electron chi connectivity index (χ0n) is 12.7. The molecule has 1 aliphatic rings. The van der Waals surface area contributed by atoms with Crippen LogP contribution in [0.3, 0.4) is 0 Å². The molecule has 0 saturated heterocycles. The van der Waals surface area contributed by atoms with E-state index in [1.54, 1.807) is 6.20 Å². The number of aromatic amines is 1. The van der Waals surface area contributed by atoms with Crippen LogP contribution in [0.2, 0.25) is 0 Å². The Morgan fingerprint density at radius 1 is 1.52 bits per heavy atom. The monoisotopic (exact) mass is 341 g/mol. The lowest BCUT2D eigenvalue weighted by Crippen LogP contribution is -2.38. The maximum absolute atomic E-state index is 11.5. The van der Waals surface area contributed by atoms with Crippen molar-refractivity contribution >= 4 is 13.5 Å². The summed E-state index contributed by atoms with van der Waals surface area (Å²) >= 11 is 0. The number of imidazole rings is 1. The third-order valence-electron chi connectivity index (χ3n) is 4.26. The first kappa shape index (κ1) is 16.1. The Balaban J connectivity index is 1.80. The molecule has 4 N–H and O–H groups in total. The molecule has 3 atom stereocenters. The van der Waals surface area contributed by atoms with Crippen molar-refractivity contribution in [3.8, 4) is 0 Å². The Morgan fingerprint density at radius 3 is 3.00 bits per heavy atom. The number of nitrogens with one attached hydrogen (secondary N) is 2. The molecule has 126 valence electrons. The second kappa shape index (κ2) is 6.38. The molecule has 10 nitrogen and oxygen atoms in total. The average Bonchev–Trinajstić information content (AvgIpc) is 3.15. The predicted octanol–water partition coefficient (Wildman–Crippen LogP) is 0.568. The minimum Gasteiger partial charge on any atom is -0.353 e. The van der Waals surface area contributed by atoms with Gasteiger partial charge in [-0.1, -0.05) is 6.92 Å². The Kier molecular flexibility index (Phi) is 4.47. The fraction of sp³-hybridized carbons (Fsp3) is 0.667. The van der Waals surface area contributed by atoms with Crippen LogP contribution < -0.4 is 5.32 Å². The van der Waals surface area contributed by atoms with Gasteiger partial charge in [-0.05, 0) is 29.2 Å². The van der Waals surface area contributed by atoms with Crippen LogP contribution in [0.25, 0.3) is 0 Å². The smallest absolute Gasteiger partial charge is 0.326 e. The Hall–Kier alpha value is -1.77. The second-order valence-corrected chi connectivity index (χ2v) is 7.58. The first-order valence-electron chi connectivity index (χ1n) is 7.52. The largest absolute Gasteiger partial charge is 0.353 e. The molecule has 11 heteroatoms. The van der Waals surface area contributed by atoms with Crippen molar-refractivity contribution in [1.82, 2.24) is 30.2 Å². The van der Waals surface area contributed by atoms with Crippen molar-refractivity contribution in [2.75, 3.05) is 11.5 Å². The lowest BCUT2D eigenvalue weighted by atomic mass is 9.86. The Morgan fingerprint density at radius 2 is 2.35 bits per heavy atom. The summed E-state index contributed by atoms with van der Waals surface area (Å²) in [6.07, 6.45) is 4.84. The molecular weight excluding hydrogens is 321 g/mol. The molecule has 0 fully saturated rings. The second-order valence-electron chi connectivity index (χ2n) is 5.89. The highest BCUT2D eigenvalue weighted by Gasteiger charge is 2.33. The molecule has 0 amide bonds. The molecule has 3 unspecified atom stereocenters. The average molecular weight is 341 g/mol. The van der Waals surface area contributed by atoms with Crippen molar-refractivity contribution < 1.29 is 14.4 Å². The van der Waals surface area contributed by atoms with Crippen LogP contribution in [0.1, 0.15) is 31.5 Å². The third kappa shape index (κ3) is 3.77. The van der Waals surface area contributed by atoms with E-state index in [4.69, 9.17) is 0 Å². The molecule has 23 heavy (non-hydrogen) atoms. The molecule has 3 heterocycles. The van der Waals surface area contributed by atoms with E-state index in [2.05, 4.69) is 37.8 Å². The van der Waals surface area contributed by atoms with Gasteiger partial charge in [0.15, 0.2) is 5.82 Å². The van der Waals surface area contributed by atoms with Gasteiger partial charge >= 0.3 is 7.60 Å². The van der Waals surface area contributed by atoms with Crippen LogP contribution >= 0.6 is 7.60 Å². The number of tetrazole rings is 1. The quantitative estimate of drug-likeness (QED) is 0.559. The predicted molar refractivity (Wildman–Crippen MR) is 81.9 cm³/mol. The Bertz CT molecular complexity index is 683. The number of fused-ring (bicyclic) bond motifs is 1. The van der Waals surface area contributed by atoms with Gasteiger partial charge < -0.3 is 19.7 Å². The van der Waals surface area contributed by atoms with Gasteiger partial charge in [-0.25, -0.2) is 10.1 Å². The summed E-state index contributed by atoms with van der Waals surface area (Å²) in [4.78, 5) is 23.0. The summed E-state index contributed by atoms with van der Waals surface area (Å²) < 4.78 is 13.5. The molecule has 1 aliphatic heterocycles. The summed E-state index contributed by atoms with van der Waals surface area (Å²) in [5, 5.41) is 16.9. The zero-order chi connectivity index (χ0) is 16.4. The molecule has 2 aromatic heterocycles. The molecule has 0 radical (unpaired) electrons. The van der Waals surface area contributed by atoms with E-state index in [1.165, 1.54) is 0 Å². The summed E-state index contributed by atoms with van der Waals surface area (Å²) in [5.41, 5.74) is 0. The molecule has 0 aliphatic carbocycles. The molecule has 0 bridgehead atoms. The highest BCUT2D eigenvalue weighted by atomic mass is 31.2. The summed E-state index contributed by atoms with van der Waals surface area (Å²) in [6, 6.07) is 0.194. The third-order valence-corrected chi connectivity index (χ3v) is 5.18. The highest BCUT2D eigenvalue weighted by molar-refractivity contribution is 7.51. The summed E-state index contributed by atoms with van der Waals surface area (Å²) in [7, 11) is -4.17. The standard InChI is InChI=1S/C12H20N7O3P/c1-2-10-8(6-19-4-3-13-12(19)14-10)5-9(7-23(20,21)22)11-15-17-18-16-11/h3-4,8-10H,2,5-7H2,1H3,(H,13,14)(H2,20,21,22)(H,15,16,17,18). The van der Waals surface area contributed by atoms with Gasteiger partial charge in [-0.3, -0.25) is 4.57 Å². The number of H-pyrrole nitrogens is 1. The summed E-state index contributed by atoms with van der Waals surface area (Å²) in [5.74, 6) is 1.03. The summed E-state index contributed by atoms with van der Waals surface area (Å²) in [6.45, 7) is 2.83. The van der Waals surface area contributed by atoms with Crippen molar-refractivity contribution in [3.63, 3.8) is 0 Å². The molecule has 2 aromatic rings. The minimum absolute atomic E-state index is 0.194. The van der Waals surface area contributed by atoms with Crippen LogP contribution in [0.5, 0.6) is 0 Å². The van der Waals surface area contributed by atoms with Gasteiger partial charge in [0.2, 0.25) is 5.95 Å². The van der Waals surface area contributed by atoms with Crippen LogP contribution in [0.15, 0.2) is 12.4 Å². The number of hydrogen-bond acceptors (Lipinski definition) is 6. The molecular formula is C12H20N7O3P. The number of hydrogen-bond donors (Lipinski definition) is 4. The van der Waals surface area contributed by atoms with E-state index in [0.717, 1.165) is 18.9 Å². The lowest BCUT2D eigenvalue weighted by Gasteiger charge is -2.35. The van der Waals surface area contributed by atoms with E-state index in [-0.39, 0.29) is 18.1 Å². The minimum atomic E-state index is -4.17. The number of anilines is 1. The molecule has 0 aromatic carbocycles. The van der Waals surface area contributed by atoms with Crippen molar-refractivity contribution in [2.24, 2.45) is 5.92 Å². The first-order chi connectivity index (χ1) is 11.0. The van der Waals surface area contributed by atoms with Crippen LogP contribution in [-0.2, 0) is 11.1 Å². The highest BCUT2D eigenvalue weighted by Crippen LogP contribution is 2.42. The zero-order valence-corrected chi connectivity index (χ0v) is 13.6. The normalized spacial score (nSPS) is 22.4. The SMILES string of the molecule is CCC1Nc2nccn2CC1CC(CP(=O)(O)O)c1nnn[nH]1. The van der Waals surface area contributed by atoms with Gasteiger partial charge in [0, 0.05) is 30.9 Å². The van der Waals surface area contributed by atoms with Crippen LogP contribution in [0.4, 0.5) is 5.95 Å². The van der Waals surface area contributed by atoms with Gasteiger partial charge in [-0.15, -0.1) is 5.10 Å². The van der Waals surface area contributed by atoms with Crippen molar-refractivity contribution in [2.45, 2.75) is 38.3 Å². The van der Waals surface area contributed by atoms with E-state index >= 15 is 0 Å². The van der Waals surface area contributed by atoms with Crippen LogP contribution in [0, 0.1) is 5.92 Å². The number of rotatable bonds is 6. The van der Waals surface area contributed by atoms with Gasteiger partial charge in [0.05, 0.1) is 6.16 Å². The maximum atomic E-state index is 11.5. The molecule has 3 rings (SSSR count). The van der Waals surface area contributed by atoms with E-state index in [0.29, 0.717) is 12.2 Å². The van der Waals surface area contributed by atoms with Gasteiger partial charge in [-0.2, -0.15) is 0 Å². The topological polar surface area (TPSA) is 142 Å². The van der Waals surface area contributed by atoms with E-state index < -0.39 is 13.5 Å². The lowest BCUT2D eigenvalue weighted by molar-refractivity contribution is 0.304. The van der Waals surface area contributed by atoms with Crippen molar-refractivity contribution in [1.29, 1.82) is 0 Å². The van der Waals surface area contributed by atoms with Crippen LogP contribution in [-0.4, -0.2) is 52.2 Å².